The van der Waals surface area contributed by atoms with Gasteiger partial charge in [-0.15, -0.1) is 0 Å². The summed E-state index contributed by atoms with van der Waals surface area (Å²) in [5, 5.41) is 6.01. The highest BCUT2D eigenvalue weighted by Crippen LogP contribution is 2.42. The molecule has 0 aliphatic carbocycles. The topological polar surface area (TPSA) is 91.0 Å². The van der Waals surface area contributed by atoms with Gasteiger partial charge in [-0.25, -0.2) is 19.9 Å². The van der Waals surface area contributed by atoms with Crippen molar-refractivity contribution in [1.29, 1.82) is 0 Å². The Morgan fingerprint density at radius 2 is 0.810 bits per heavy atom. The molecule has 0 amide bonds. The molecule has 4 heterocycles. The number of para-hydroxylation sites is 1. The summed E-state index contributed by atoms with van der Waals surface area (Å²) >= 11 is 0. The van der Waals surface area contributed by atoms with Crippen LogP contribution in [0, 0.1) is 0 Å². The molecule has 63 heavy (non-hydrogen) atoms. The first-order valence-electron chi connectivity index (χ1n) is 20.9. The Labute approximate surface area is 359 Å². The summed E-state index contributed by atoms with van der Waals surface area (Å²) in [7, 11) is 0. The van der Waals surface area contributed by atoms with Gasteiger partial charge < -0.3 is 13.3 Å². The molecule has 0 atom stereocenters. The second-order valence-electron chi connectivity index (χ2n) is 15.7. The molecule has 7 heteroatoms. The summed E-state index contributed by atoms with van der Waals surface area (Å²) in [6, 6.07) is 65.9. The summed E-state index contributed by atoms with van der Waals surface area (Å²) in [5.41, 5.74) is 12.6. The predicted molar refractivity (Wildman–Crippen MR) is 252 cm³/mol. The van der Waals surface area contributed by atoms with Crippen LogP contribution in [0.4, 0.5) is 0 Å². The first-order valence-corrected chi connectivity index (χ1v) is 20.9. The number of rotatable bonds is 6. The monoisotopic (exact) mass is 808 g/mol. The lowest BCUT2D eigenvalue weighted by atomic mass is 9.94. The van der Waals surface area contributed by atoms with Crippen LogP contribution in [0.2, 0.25) is 0 Å². The molecule has 0 unspecified atom stereocenters. The molecular weight excluding hydrogens is 777 g/mol. The zero-order chi connectivity index (χ0) is 41.4. The molecule has 13 aromatic rings. The number of aromatic nitrogens is 4. The van der Waals surface area contributed by atoms with Crippen LogP contribution in [0.1, 0.15) is 0 Å². The van der Waals surface area contributed by atoms with E-state index in [9.17, 15) is 0 Å². The summed E-state index contributed by atoms with van der Waals surface area (Å²) < 4.78 is 19.2. The Morgan fingerprint density at radius 3 is 1.60 bits per heavy atom. The number of nitrogens with zero attached hydrogens (tertiary/aromatic N) is 4. The van der Waals surface area contributed by atoms with Crippen LogP contribution in [0.15, 0.2) is 207 Å². The number of benzene rings is 9. The van der Waals surface area contributed by atoms with Crippen LogP contribution in [0.5, 0.6) is 0 Å². The van der Waals surface area contributed by atoms with Crippen molar-refractivity contribution in [3.8, 4) is 67.9 Å². The number of furan rings is 2. The number of oxazole rings is 1. The minimum atomic E-state index is 0.536. The van der Waals surface area contributed by atoms with Gasteiger partial charge in [0.2, 0.25) is 5.89 Å². The SMILES string of the molecule is c1ccc(-c2ccc(-c3nc(-c4ccccc4)nc(-c4ccc(-c5ccc6c(c5)oc5ccc7oc(-c8cccc9oc%10ccccc%10c89)nc7c56)c5ccccc45)n3)cc2)cc1. The van der Waals surface area contributed by atoms with Crippen LogP contribution < -0.4 is 0 Å². The summed E-state index contributed by atoms with van der Waals surface area (Å²) in [6.07, 6.45) is 0. The quantitative estimate of drug-likeness (QED) is 0.165. The van der Waals surface area contributed by atoms with Gasteiger partial charge in [-0.2, -0.15) is 0 Å². The average molecular weight is 809 g/mol. The van der Waals surface area contributed by atoms with Gasteiger partial charge in [0.05, 0.1) is 5.39 Å². The standard InChI is InChI=1S/C56H32N4O3/c1-3-12-33(13-4-1)34-22-24-36(25-23-34)54-58-53(35-14-5-2-6-15-35)59-55(60-54)41-29-28-38(39-16-7-8-17-40(39)41)37-26-27-43-49(32-37)62-47-30-31-48-52(51(43)47)57-56(63-48)44-19-11-21-46-50(44)42-18-9-10-20-45(42)61-46/h1-32H. The van der Waals surface area contributed by atoms with Crippen LogP contribution >= 0.6 is 0 Å². The number of fused-ring (bicyclic) bond motifs is 9. The van der Waals surface area contributed by atoms with Crippen molar-refractivity contribution in [2.24, 2.45) is 0 Å². The fraction of sp³-hybridized carbons (Fsp3) is 0. The molecule has 4 aromatic heterocycles. The molecule has 13 rings (SSSR count). The van der Waals surface area contributed by atoms with Crippen LogP contribution in [0.25, 0.3) is 134 Å². The molecule has 0 fully saturated rings. The molecular formula is C56H32N4O3. The molecule has 294 valence electrons. The second-order valence-corrected chi connectivity index (χ2v) is 15.7. The normalized spacial score (nSPS) is 11.8. The van der Waals surface area contributed by atoms with Crippen molar-refractivity contribution in [3.05, 3.63) is 194 Å². The van der Waals surface area contributed by atoms with Crippen molar-refractivity contribution < 1.29 is 13.3 Å². The van der Waals surface area contributed by atoms with Gasteiger partial charge in [-0.1, -0.05) is 146 Å². The van der Waals surface area contributed by atoms with E-state index in [0.29, 0.717) is 28.9 Å². The molecule has 0 bridgehead atoms. The Hall–Kier alpha value is -8.68. The maximum atomic E-state index is 6.58. The molecule has 0 saturated carbocycles. The number of hydrogen-bond acceptors (Lipinski definition) is 7. The van der Waals surface area contributed by atoms with Crippen molar-refractivity contribution in [1.82, 2.24) is 19.9 Å². The Kier molecular flexibility index (Phi) is 7.77. The fourth-order valence-electron chi connectivity index (χ4n) is 9.02. The van der Waals surface area contributed by atoms with Gasteiger partial charge in [-0.3, -0.25) is 0 Å². The molecule has 0 radical (unpaired) electrons. The van der Waals surface area contributed by atoms with Gasteiger partial charge in [0.25, 0.3) is 0 Å². The van der Waals surface area contributed by atoms with Crippen molar-refractivity contribution >= 4 is 65.7 Å². The molecule has 7 nitrogen and oxygen atoms in total. The van der Waals surface area contributed by atoms with Gasteiger partial charge in [-0.05, 0) is 81.6 Å². The smallest absolute Gasteiger partial charge is 0.228 e. The van der Waals surface area contributed by atoms with E-state index in [4.69, 9.17) is 33.2 Å². The van der Waals surface area contributed by atoms with Crippen LogP contribution in [-0.4, -0.2) is 19.9 Å². The minimum Gasteiger partial charge on any atom is -0.456 e. The van der Waals surface area contributed by atoms with E-state index < -0.39 is 0 Å². The van der Waals surface area contributed by atoms with E-state index in [0.717, 1.165) is 105 Å². The third kappa shape index (κ3) is 5.75. The highest BCUT2D eigenvalue weighted by molar-refractivity contribution is 6.18. The largest absolute Gasteiger partial charge is 0.456 e. The molecule has 9 aromatic carbocycles. The third-order valence-electron chi connectivity index (χ3n) is 12.0. The van der Waals surface area contributed by atoms with Crippen molar-refractivity contribution in [3.63, 3.8) is 0 Å². The Bertz CT molecular complexity index is 3910. The van der Waals surface area contributed by atoms with E-state index in [1.54, 1.807) is 0 Å². The molecule has 0 saturated heterocycles. The summed E-state index contributed by atoms with van der Waals surface area (Å²) in [4.78, 5) is 20.3. The van der Waals surface area contributed by atoms with Gasteiger partial charge >= 0.3 is 0 Å². The third-order valence-corrected chi connectivity index (χ3v) is 12.0. The van der Waals surface area contributed by atoms with Gasteiger partial charge in [0, 0.05) is 38.4 Å². The fourth-order valence-corrected chi connectivity index (χ4v) is 9.02. The van der Waals surface area contributed by atoms with E-state index >= 15 is 0 Å². The van der Waals surface area contributed by atoms with Crippen LogP contribution in [0.3, 0.4) is 0 Å². The van der Waals surface area contributed by atoms with E-state index in [1.807, 2.05) is 84.9 Å². The number of hydrogen-bond donors (Lipinski definition) is 0. The predicted octanol–water partition coefficient (Wildman–Crippen LogP) is 15.0. The van der Waals surface area contributed by atoms with E-state index in [2.05, 4.69) is 109 Å². The summed E-state index contributed by atoms with van der Waals surface area (Å²) in [5.74, 6) is 2.37. The second kappa shape index (κ2) is 13.9. The lowest BCUT2D eigenvalue weighted by Crippen LogP contribution is -2.00. The molecule has 0 aliphatic rings. The minimum absolute atomic E-state index is 0.536. The van der Waals surface area contributed by atoms with Crippen molar-refractivity contribution in [2.75, 3.05) is 0 Å². The zero-order valence-electron chi connectivity index (χ0n) is 33.5. The van der Waals surface area contributed by atoms with E-state index in [-0.39, 0.29) is 0 Å². The van der Waals surface area contributed by atoms with Crippen LogP contribution in [-0.2, 0) is 0 Å². The maximum absolute atomic E-state index is 6.58. The zero-order valence-corrected chi connectivity index (χ0v) is 33.5. The Morgan fingerprint density at radius 1 is 0.270 bits per heavy atom. The van der Waals surface area contributed by atoms with Gasteiger partial charge in [0.15, 0.2) is 23.1 Å². The lowest BCUT2D eigenvalue weighted by molar-refractivity contribution is 0.620. The average Bonchev–Trinajstić information content (AvgIpc) is 4.07. The maximum Gasteiger partial charge on any atom is 0.228 e. The Balaban J connectivity index is 0.914. The lowest BCUT2D eigenvalue weighted by Gasteiger charge is -2.13. The molecule has 0 aliphatic heterocycles. The first kappa shape index (κ1) is 35.1. The first-order chi connectivity index (χ1) is 31.2. The highest BCUT2D eigenvalue weighted by Gasteiger charge is 2.21. The molecule has 0 spiro atoms. The van der Waals surface area contributed by atoms with Gasteiger partial charge in [0.1, 0.15) is 27.8 Å². The summed E-state index contributed by atoms with van der Waals surface area (Å²) in [6.45, 7) is 0. The molecule has 0 N–H and O–H groups in total. The van der Waals surface area contributed by atoms with E-state index in [1.165, 1.54) is 0 Å². The highest BCUT2D eigenvalue weighted by atomic mass is 16.4. The van der Waals surface area contributed by atoms with Crippen molar-refractivity contribution in [2.45, 2.75) is 0 Å².